The van der Waals surface area contributed by atoms with Crippen molar-refractivity contribution >= 4 is 0 Å². The summed E-state index contributed by atoms with van der Waals surface area (Å²) in [4.78, 5) is 2.69. The van der Waals surface area contributed by atoms with E-state index in [1.807, 2.05) is 0 Å². The lowest BCUT2D eigenvalue weighted by Gasteiger charge is -2.49. The Bertz CT molecular complexity index is 528. The molecule has 0 amide bonds. The Hall–Kier alpha value is -1.50. The number of hydrogen-bond donors (Lipinski definition) is 0. The summed E-state index contributed by atoms with van der Waals surface area (Å²) in [5.74, 6) is 2.71. The van der Waals surface area contributed by atoms with Gasteiger partial charge in [-0.3, -0.25) is 0 Å². The van der Waals surface area contributed by atoms with Gasteiger partial charge in [0.15, 0.2) is 0 Å². The summed E-state index contributed by atoms with van der Waals surface area (Å²) in [6, 6.07) is 11.1. The zero-order chi connectivity index (χ0) is 14.1. The topological polar surface area (TPSA) is 3.24 Å². The Morgan fingerprint density at radius 1 is 1.00 bits per heavy atom. The Labute approximate surface area is 128 Å². The van der Waals surface area contributed by atoms with Crippen LogP contribution >= 0.6 is 0 Å². The van der Waals surface area contributed by atoms with Gasteiger partial charge in [0.2, 0.25) is 0 Å². The minimum Gasteiger partial charge on any atom is -0.374 e. The molecule has 2 aliphatic carbocycles. The van der Waals surface area contributed by atoms with Crippen molar-refractivity contribution in [3.05, 3.63) is 59.8 Å². The lowest BCUT2D eigenvalue weighted by Crippen LogP contribution is -2.48. The molecule has 2 unspecified atom stereocenters. The van der Waals surface area contributed by atoms with Crippen LogP contribution in [0.15, 0.2) is 54.3 Å². The molecule has 0 radical (unpaired) electrons. The van der Waals surface area contributed by atoms with Crippen LogP contribution in [0.25, 0.3) is 0 Å². The van der Waals surface area contributed by atoms with Gasteiger partial charge in [0, 0.05) is 25.2 Å². The van der Waals surface area contributed by atoms with E-state index in [1.165, 1.54) is 44.3 Å². The molecule has 1 aliphatic heterocycles. The van der Waals surface area contributed by atoms with Crippen LogP contribution in [0.2, 0.25) is 0 Å². The van der Waals surface area contributed by atoms with Gasteiger partial charge in [0.25, 0.3) is 0 Å². The third-order valence-corrected chi connectivity index (χ3v) is 5.74. The molecule has 2 bridgehead atoms. The number of piperidine rings is 1. The number of fused-ring (bicyclic) bond motifs is 2. The molecule has 3 atom stereocenters. The Morgan fingerprint density at radius 3 is 2.43 bits per heavy atom. The smallest absolute Gasteiger partial charge is 0.0206 e. The molecular weight excluding hydrogens is 254 g/mol. The van der Waals surface area contributed by atoms with E-state index in [-0.39, 0.29) is 0 Å². The van der Waals surface area contributed by atoms with Crippen molar-refractivity contribution in [3.63, 3.8) is 0 Å². The van der Waals surface area contributed by atoms with Crippen molar-refractivity contribution in [1.82, 2.24) is 4.90 Å². The molecule has 3 aliphatic rings. The largest absolute Gasteiger partial charge is 0.374 e. The van der Waals surface area contributed by atoms with E-state index in [9.17, 15) is 0 Å². The van der Waals surface area contributed by atoms with Crippen LogP contribution in [0.1, 0.15) is 31.2 Å². The summed E-state index contributed by atoms with van der Waals surface area (Å²) in [7, 11) is 0. The van der Waals surface area contributed by atoms with E-state index in [4.69, 9.17) is 0 Å². The fourth-order valence-corrected chi connectivity index (χ4v) is 4.67. The number of likely N-dealkylation sites (tertiary alicyclic amines) is 1. The van der Waals surface area contributed by atoms with E-state index in [0.717, 1.165) is 24.2 Å². The highest BCUT2D eigenvalue weighted by atomic mass is 15.2. The SMILES string of the molecule is C1=CCC(N2CC3CCC[C@H](C2)C3Cc2ccccc2)=C1. The molecular formula is C20H25N. The van der Waals surface area contributed by atoms with E-state index in [2.05, 4.69) is 53.5 Å². The van der Waals surface area contributed by atoms with Gasteiger partial charge in [0.05, 0.1) is 0 Å². The summed E-state index contributed by atoms with van der Waals surface area (Å²) in [5, 5.41) is 0. The van der Waals surface area contributed by atoms with Crippen molar-refractivity contribution in [2.75, 3.05) is 13.1 Å². The van der Waals surface area contributed by atoms with Crippen LogP contribution in [0.3, 0.4) is 0 Å². The predicted octanol–water partition coefficient (Wildman–Crippen LogP) is 4.42. The number of allylic oxidation sites excluding steroid dienone is 3. The minimum atomic E-state index is 0.902. The van der Waals surface area contributed by atoms with Crippen molar-refractivity contribution in [1.29, 1.82) is 0 Å². The van der Waals surface area contributed by atoms with Crippen molar-refractivity contribution in [2.24, 2.45) is 17.8 Å². The highest BCUT2D eigenvalue weighted by Gasteiger charge is 2.39. The van der Waals surface area contributed by atoms with Gasteiger partial charge >= 0.3 is 0 Å². The second-order valence-electron chi connectivity index (χ2n) is 7.00. The number of nitrogens with zero attached hydrogens (tertiary/aromatic N) is 1. The fraction of sp³-hybridized carbons (Fsp3) is 0.500. The first-order valence-corrected chi connectivity index (χ1v) is 8.55. The normalized spacial score (nSPS) is 31.3. The highest BCUT2D eigenvalue weighted by Crippen LogP contribution is 2.42. The van der Waals surface area contributed by atoms with Gasteiger partial charge in [-0.15, -0.1) is 0 Å². The van der Waals surface area contributed by atoms with Crippen LogP contribution in [-0.4, -0.2) is 18.0 Å². The predicted molar refractivity (Wildman–Crippen MR) is 87.9 cm³/mol. The molecule has 0 N–H and O–H groups in total. The molecule has 4 rings (SSSR count). The minimum absolute atomic E-state index is 0.902. The molecule has 1 heterocycles. The monoisotopic (exact) mass is 279 g/mol. The molecule has 1 aromatic carbocycles. The van der Waals surface area contributed by atoms with Gasteiger partial charge < -0.3 is 4.90 Å². The summed E-state index contributed by atoms with van der Waals surface area (Å²) in [6.07, 6.45) is 13.6. The van der Waals surface area contributed by atoms with Crippen LogP contribution < -0.4 is 0 Å². The van der Waals surface area contributed by atoms with Crippen molar-refractivity contribution in [2.45, 2.75) is 32.1 Å². The van der Waals surface area contributed by atoms with E-state index in [0.29, 0.717) is 0 Å². The highest BCUT2D eigenvalue weighted by molar-refractivity contribution is 5.23. The Kier molecular flexibility index (Phi) is 3.58. The molecule has 1 nitrogen and oxygen atoms in total. The zero-order valence-electron chi connectivity index (χ0n) is 12.7. The molecule has 110 valence electrons. The van der Waals surface area contributed by atoms with Crippen LogP contribution in [0.4, 0.5) is 0 Å². The first-order chi connectivity index (χ1) is 10.4. The summed E-state index contributed by atoms with van der Waals surface area (Å²) in [5.41, 5.74) is 3.10. The van der Waals surface area contributed by atoms with Crippen LogP contribution in [-0.2, 0) is 6.42 Å². The summed E-state index contributed by atoms with van der Waals surface area (Å²) < 4.78 is 0. The summed E-state index contributed by atoms with van der Waals surface area (Å²) in [6.45, 7) is 2.59. The molecule has 2 fully saturated rings. The quantitative estimate of drug-likeness (QED) is 0.791. The van der Waals surface area contributed by atoms with E-state index >= 15 is 0 Å². The fourth-order valence-electron chi connectivity index (χ4n) is 4.67. The first kappa shape index (κ1) is 13.2. The number of hydrogen-bond acceptors (Lipinski definition) is 1. The maximum Gasteiger partial charge on any atom is 0.0206 e. The maximum atomic E-state index is 2.69. The average molecular weight is 279 g/mol. The number of benzene rings is 1. The average Bonchev–Trinajstić information content (AvgIpc) is 3.02. The lowest BCUT2D eigenvalue weighted by atomic mass is 9.66. The van der Waals surface area contributed by atoms with Gasteiger partial charge in [-0.1, -0.05) is 48.9 Å². The molecule has 1 heteroatoms. The zero-order valence-corrected chi connectivity index (χ0v) is 12.7. The third-order valence-electron chi connectivity index (χ3n) is 5.74. The van der Waals surface area contributed by atoms with E-state index in [1.54, 1.807) is 5.70 Å². The van der Waals surface area contributed by atoms with Crippen molar-refractivity contribution in [3.8, 4) is 0 Å². The van der Waals surface area contributed by atoms with Gasteiger partial charge in [0.1, 0.15) is 0 Å². The van der Waals surface area contributed by atoms with Crippen LogP contribution in [0.5, 0.6) is 0 Å². The van der Waals surface area contributed by atoms with Gasteiger partial charge in [-0.05, 0) is 48.7 Å². The van der Waals surface area contributed by atoms with E-state index < -0.39 is 0 Å². The molecule has 21 heavy (non-hydrogen) atoms. The van der Waals surface area contributed by atoms with Gasteiger partial charge in [-0.2, -0.15) is 0 Å². The molecule has 0 spiro atoms. The van der Waals surface area contributed by atoms with Gasteiger partial charge in [-0.25, -0.2) is 0 Å². The molecule has 1 saturated carbocycles. The second-order valence-corrected chi connectivity index (χ2v) is 7.00. The Balaban J connectivity index is 1.49. The molecule has 1 saturated heterocycles. The van der Waals surface area contributed by atoms with Crippen molar-refractivity contribution < 1.29 is 0 Å². The standard InChI is InChI=1S/C20H25N/c1-2-7-16(8-3-1)13-20-17-9-6-10-18(20)15-21(14-17)19-11-4-5-12-19/h1-5,7-8,11,17-18,20H,6,9-10,12-15H2/t17-,18?,20?/m1/s1. The summed E-state index contributed by atoms with van der Waals surface area (Å²) >= 11 is 0. The first-order valence-electron chi connectivity index (χ1n) is 8.55. The molecule has 1 aromatic rings. The lowest BCUT2D eigenvalue weighted by molar-refractivity contribution is 0.0403. The third kappa shape index (κ3) is 2.66. The number of rotatable bonds is 3. The second kappa shape index (κ2) is 5.71. The maximum absolute atomic E-state index is 2.69. The van der Waals surface area contributed by atoms with Crippen LogP contribution in [0, 0.1) is 17.8 Å². The molecule has 0 aromatic heterocycles. The Morgan fingerprint density at radius 2 is 1.76 bits per heavy atom.